The van der Waals surface area contributed by atoms with Gasteiger partial charge in [-0.05, 0) is 57.8 Å². The predicted molar refractivity (Wildman–Crippen MR) is 116 cm³/mol. The van der Waals surface area contributed by atoms with E-state index in [1.165, 1.54) is 49.9 Å². The van der Waals surface area contributed by atoms with E-state index in [2.05, 4.69) is 50.1 Å². The third-order valence-electron chi connectivity index (χ3n) is 4.74. The molecule has 1 saturated heterocycles. The molecule has 28 heavy (non-hydrogen) atoms. The van der Waals surface area contributed by atoms with Gasteiger partial charge in [0.15, 0.2) is 5.96 Å². The second kappa shape index (κ2) is 11.1. The summed E-state index contributed by atoms with van der Waals surface area (Å²) < 4.78 is 0. The van der Waals surface area contributed by atoms with Gasteiger partial charge in [0.25, 0.3) is 0 Å². The van der Waals surface area contributed by atoms with Gasteiger partial charge in [-0.15, -0.1) is 0 Å². The average molecular weight is 388 g/mol. The molecule has 156 valence electrons. The van der Waals surface area contributed by atoms with Crippen LogP contribution in [0.3, 0.4) is 0 Å². The molecule has 2 rings (SSSR count). The molecule has 1 aromatic rings. The summed E-state index contributed by atoms with van der Waals surface area (Å²) in [6.07, 6.45) is 5.38. The zero-order valence-corrected chi connectivity index (χ0v) is 18.0. The van der Waals surface area contributed by atoms with Crippen LogP contribution in [0.25, 0.3) is 0 Å². The van der Waals surface area contributed by atoms with Crippen LogP contribution in [0.5, 0.6) is 0 Å². The quantitative estimate of drug-likeness (QED) is 0.518. The summed E-state index contributed by atoms with van der Waals surface area (Å²) in [6.45, 7) is 10.2. The van der Waals surface area contributed by atoms with Crippen molar-refractivity contribution in [2.45, 2.75) is 65.1 Å². The molecule has 0 bridgehead atoms. The van der Waals surface area contributed by atoms with Crippen molar-refractivity contribution in [3.05, 3.63) is 35.4 Å². The predicted octanol–water partition coefficient (Wildman–Crippen LogP) is 2.64. The van der Waals surface area contributed by atoms with Gasteiger partial charge in [0.2, 0.25) is 5.91 Å². The maximum Gasteiger partial charge on any atom is 0.239 e. The summed E-state index contributed by atoms with van der Waals surface area (Å²) in [4.78, 5) is 18.7. The highest BCUT2D eigenvalue weighted by atomic mass is 16.2. The van der Waals surface area contributed by atoms with Crippen LogP contribution in [0, 0.1) is 0 Å². The van der Waals surface area contributed by atoms with E-state index in [4.69, 9.17) is 0 Å². The lowest BCUT2D eigenvalue weighted by Crippen LogP contribution is -2.48. The van der Waals surface area contributed by atoms with Crippen molar-refractivity contribution in [3.63, 3.8) is 0 Å². The molecule has 0 aliphatic carbocycles. The highest BCUT2D eigenvalue weighted by Gasteiger charge is 2.13. The smallest absolute Gasteiger partial charge is 0.239 e. The van der Waals surface area contributed by atoms with Crippen LogP contribution in [0.15, 0.2) is 29.3 Å². The maximum absolute atomic E-state index is 11.9. The first kappa shape index (κ1) is 22.2. The van der Waals surface area contributed by atoms with E-state index in [-0.39, 0.29) is 18.0 Å². The lowest BCUT2D eigenvalue weighted by Gasteiger charge is -2.21. The third-order valence-corrected chi connectivity index (χ3v) is 4.74. The van der Waals surface area contributed by atoms with Gasteiger partial charge in [-0.1, -0.05) is 37.1 Å². The van der Waals surface area contributed by atoms with Gasteiger partial charge in [-0.2, -0.15) is 0 Å². The van der Waals surface area contributed by atoms with Gasteiger partial charge >= 0.3 is 0 Å². The second-order valence-corrected chi connectivity index (χ2v) is 8.58. The van der Waals surface area contributed by atoms with E-state index in [0.29, 0.717) is 12.5 Å². The number of aliphatic imine (C=N–C) groups is 1. The topological polar surface area (TPSA) is 68.8 Å². The fraction of sp³-hybridized carbons (Fsp3) is 0.636. The Hall–Kier alpha value is -2.08. The molecule has 0 unspecified atom stereocenters. The summed E-state index contributed by atoms with van der Waals surface area (Å²) in [5.41, 5.74) is 2.33. The van der Waals surface area contributed by atoms with Crippen LogP contribution in [-0.2, 0) is 17.9 Å². The maximum atomic E-state index is 11.9. The van der Waals surface area contributed by atoms with Crippen molar-refractivity contribution in [1.82, 2.24) is 20.9 Å². The molecule has 6 heteroatoms. The van der Waals surface area contributed by atoms with E-state index >= 15 is 0 Å². The van der Waals surface area contributed by atoms with Crippen LogP contribution in [0.4, 0.5) is 0 Å². The third kappa shape index (κ3) is 8.74. The van der Waals surface area contributed by atoms with Gasteiger partial charge in [0, 0.05) is 25.7 Å². The molecule has 1 aliphatic heterocycles. The van der Waals surface area contributed by atoms with E-state index in [1.54, 1.807) is 7.05 Å². The minimum absolute atomic E-state index is 0.0479. The average Bonchev–Trinajstić information content (AvgIpc) is 2.90. The largest absolute Gasteiger partial charge is 0.352 e. The molecular weight excluding hydrogens is 350 g/mol. The van der Waals surface area contributed by atoms with E-state index in [0.717, 1.165) is 6.54 Å². The number of nitrogens with zero attached hydrogens (tertiary/aromatic N) is 2. The van der Waals surface area contributed by atoms with E-state index in [1.807, 2.05) is 20.8 Å². The Kier molecular flexibility index (Phi) is 8.77. The molecule has 0 atom stereocenters. The van der Waals surface area contributed by atoms with Crippen molar-refractivity contribution in [3.8, 4) is 0 Å². The molecule has 1 heterocycles. The lowest BCUT2D eigenvalue weighted by molar-refractivity contribution is -0.121. The summed E-state index contributed by atoms with van der Waals surface area (Å²) in [5.74, 6) is 0.575. The van der Waals surface area contributed by atoms with Gasteiger partial charge in [0.05, 0.1) is 6.54 Å². The Morgan fingerprint density at radius 2 is 1.61 bits per heavy atom. The number of likely N-dealkylation sites (tertiary alicyclic amines) is 1. The molecule has 1 aromatic carbocycles. The van der Waals surface area contributed by atoms with Gasteiger partial charge in [0.1, 0.15) is 0 Å². The van der Waals surface area contributed by atoms with Crippen LogP contribution < -0.4 is 16.0 Å². The minimum Gasteiger partial charge on any atom is -0.352 e. The van der Waals surface area contributed by atoms with Crippen LogP contribution >= 0.6 is 0 Å². The second-order valence-electron chi connectivity index (χ2n) is 8.58. The number of nitrogens with one attached hydrogen (secondary N) is 3. The standard InChI is InChI=1S/C22H37N5O/c1-22(2,3)26-20(28)16-25-21(23-4)24-15-18-9-11-19(12-10-18)17-27-13-7-5-6-8-14-27/h9-12H,5-8,13-17H2,1-4H3,(H,26,28)(H2,23,24,25). The van der Waals surface area contributed by atoms with Crippen molar-refractivity contribution in [1.29, 1.82) is 0 Å². The number of hydrogen-bond acceptors (Lipinski definition) is 3. The zero-order chi connectivity index (χ0) is 20.4. The molecule has 3 N–H and O–H groups in total. The van der Waals surface area contributed by atoms with E-state index in [9.17, 15) is 4.79 Å². The highest BCUT2D eigenvalue weighted by molar-refractivity contribution is 5.86. The van der Waals surface area contributed by atoms with Crippen molar-refractivity contribution in [2.75, 3.05) is 26.7 Å². The Balaban J connectivity index is 1.75. The van der Waals surface area contributed by atoms with Gasteiger partial charge in [-0.3, -0.25) is 14.7 Å². The van der Waals surface area contributed by atoms with Crippen molar-refractivity contribution in [2.24, 2.45) is 4.99 Å². The van der Waals surface area contributed by atoms with Crippen LogP contribution in [-0.4, -0.2) is 49.0 Å². The zero-order valence-electron chi connectivity index (χ0n) is 18.0. The molecule has 0 radical (unpaired) electrons. The Morgan fingerprint density at radius 3 is 2.18 bits per heavy atom. The molecule has 1 aliphatic rings. The molecule has 0 spiro atoms. The van der Waals surface area contributed by atoms with Gasteiger partial charge < -0.3 is 16.0 Å². The summed E-state index contributed by atoms with van der Waals surface area (Å²) in [7, 11) is 1.71. The number of benzene rings is 1. The molecule has 6 nitrogen and oxygen atoms in total. The lowest BCUT2D eigenvalue weighted by atomic mass is 10.1. The number of carbonyl (C=O) groups is 1. The highest BCUT2D eigenvalue weighted by Crippen LogP contribution is 2.13. The molecular formula is C22H37N5O. The molecule has 0 aromatic heterocycles. The van der Waals surface area contributed by atoms with Gasteiger partial charge in [-0.25, -0.2) is 0 Å². The number of rotatable bonds is 6. The van der Waals surface area contributed by atoms with E-state index < -0.39 is 0 Å². The molecule has 0 saturated carbocycles. The van der Waals surface area contributed by atoms with Crippen LogP contribution in [0.1, 0.15) is 57.6 Å². The summed E-state index contributed by atoms with van der Waals surface area (Å²) >= 11 is 0. The fourth-order valence-corrected chi connectivity index (χ4v) is 3.35. The first-order valence-corrected chi connectivity index (χ1v) is 10.4. The van der Waals surface area contributed by atoms with Crippen molar-refractivity contribution >= 4 is 11.9 Å². The first-order valence-electron chi connectivity index (χ1n) is 10.4. The fourth-order valence-electron chi connectivity index (χ4n) is 3.35. The number of amides is 1. The number of carbonyl (C=O) groups excluding carboxylic acids is 1. The van der Waals surface area contributed by atoms with Crippen LogP contribution in [0.2, 0.25) is 0 Å². The summed E-state index contributed by atoms with van der Waals surface area (Å²) in [5, 5.41) is 9.24. The Morgan fingerprint density at radius 1 is 1.00 bits per heavy atom. The Labute approximate surface area is 170 Å². The normalized spacial score (nSPS) is 16.4. The minimum atomic E-state index is -0.231. The first-order chi connectivity index (χ1) is 13.4. The molecule has 1 amide bonds. The summed E-state index contributed by atoms with van der Waals surface area (Å²) in [6, 6.07) is 8.77. The number of hydrogen-bond donors (Lipinski definition) is 3. The van der Waals surface area contributed by atoms with Crippen molar-refractivity contribution < 1.29 is 4.79 Å². The molecule has 1 fully saturated rings. The SMILES string of the molecule is CN=C(NCC(=O)NC(C)(C)C)NCc1ccc(CN2CCCCCC2)cc1. The number of guanidine groups is 1. The Bertz CT molecular complexity index is 625. The monoisotopic (exact) mass is 387 g/mol.